The molecule has 120 valence electrons. The Bertz CT molecular complexity index is 833. The molecular weight excluding hydrogens is 304 g/mol. The smallest absolute Gasteiger partial charge is 0.266 e. The molecule has 2 aromatic rings. The summed E-state index contributed by atoms with van der Waals surface area (Å²) in [7, 11) is 0. The summed E-state index contributed by atoms with van der Waals surface area (Å²) in [6.45, 7) is 2.96. The van der Waals surface area contributed by atoms with Crippen LogP contribution in [0.2, 0.25) is 0 Å². The van der Waals surface area contributed by atoms with Gasteiger partial charge in [0.15, 0.2) is 11.5 Å². The molecule has 1 amide bonds. The lowest BCUT2D eigenvalue weighted by molar-refractivity contribution is -0.112. The van der Waals surface area contributed by atoms with E-state index in [-0.39, 0.29) is 5.57 Å². The van der Waals surface area contributed by atoms with Crippen molar-refractivity contribution in [3.05, 3.63) is 59.2 Å². The van der Waals surface area contributed by atoms with Crippen molar-refractivity contribution in [1.82, 2.24) is 0 Å². The van der Waals surface area contributed by atoms with Crippen molar-refractivity contribution in [2.75, 3.05) is 18.5 Å². The van der Waals surface area contributed by atoms with Crippen molar-refractivity contribution < 1.29 is 14.3 Å². The molecule has 0 saturated heterocycles. The average molecular weight is 320 g/mol. The molecule has 0 atom stereocenters. The molecule has 1 N–H and O–H groups in total. The summed E-state index contributed by atoms with van der Waals surface area (Å²) in [5.41, 5.74) is 2.50. The summed E-state index contributed by atoms with van der Waals surface area (Å²) in [4.78, 5) is 12.3. The van der Waals surface area contributed by atoms with Crippen LogP contribution in [0.1, 0.15) is 11.1 Å². The molecular formula is C19H16N2O3. The molecule has 0 saturated carbocycles. The van der Waals surface area contributed by atoms with Crippen LogP contribution in [-0.4, -0.2) is 19.1 Å². The minimum absolute atomic E-state index is 0.0359. The number of fused-ring (bicyclic) bond motifs is 1. The third-order valence-corrected chi connectivity index (χ3v) is 3.55. The SMILES string of the molecule is Cc1ccc(C=C(C#N)C(=O)Nc2ccc3c(c2)OCCO3)cc1. The lowest BCUT2D eigenvalue weighted by Crippen LogP contribution is -2.17. The van der Waals surface area contributed by atoms with E-state index in [2.05, 4.69) is 5.32 Å². The van der Waals surface area contributed by atoms with E-state index in [9.17, 15) is 10.1 Å². The van der Waals surface area contributed by atoms with Gasteiger partial charge in [0.1, 0.15) is 24.9 Å². The van der Waals surface area contributed by atoms with Crippen molar-refractivity contribution in [3.8, 4) is 17.6 Å². The van der Waals surface area contributed by atoms with Crippen molar-refractivity contribution >= 4 is 17.7 Å². The van der Waals surface area contributed by atoms with Gasteiger partial charge in [0.2, 0.25) is 0 Å². The van der Waals surface area contributed by atoms with Gasteiger partial charge in [0, 0.05) is 11.8 Å². The number of nitriles is 1. The number of carbonyl (C=O) groups excluding carboxylic acids is 1. The maximum absolute atomic E-state index is 12.3. The Balaban J connectivity index is 1.77. The Labute approximate surface area is 140 Å². The molecule has 1 heterocycles. The van der Waals surface area contributed by atoms with Crippen molar-refractivity contribution in [3.63, 3.8) is 0 Å². The maximum Gasteiger partial charge on any atom is 0.266 e. The number of hydrogen-bond acceptors (Lipinski definition) is 4. The van der Waals surface area contributed by atoms with Crippen LogP contribution < -0.4 is 14.8 Å². The summed E-state index contributed by atoms with van der Waals surface area (Å²) in [6, 6.07) is 14.7. The average Bonchev–Trinajstić information content (AvgIpc) is 2.61. The zero-order chi connectivity index (χ0) is 16.9. The first-order valence-electron chi connectivity index (χ1n) is 7.55. The van der Waals surface area contributed by atoms with Gasteiger partial charge in [0.25, 0.3) is 5.91 Å². The number of ether oxygens (including phenoxy) is 2. The number of nitrogens with one attached hydrogen (secondary N) is 1. The van der Waals surface area contributed by atoms with Gasteiger partial charge in [-0.05, 0) is 30.7 Å². The Kier molecular flexibility index (Phi) is 4.48. The number of amides is 1. The molecule has 0 aliphatic carbocycles. The molecule has 0 spiro atoms. The molecule has 2 aromatic carbocycles. The predicted molar refractivity (Wildman–Crippen MR) is 90.8 cm³/mol. The van der Waals surface area contributed by atoms with Gasteiger partial charge in [-0.15, -0.1) is 0 Å². The molecule has 0 bridgehead atoms. The van der Waals surface area contributed by atoms with E-state index in [1.165, 1.54) is 0 Å². The number of rotatable bonds is 3. The second kappa shape index (κ2) is 6.88. The Morgan fingerprint density at radius 3 is 2.54 bits per heavy atom. The molecule has 1 aliphatic heterocycles. The second-order valence-corrected chi connectivity index (χ2v) is 5.39. The fourth-order valence-electron chi connectivity index (χ4n) is 2.30. The van der Waals surface area contributed by atoms with Crippen molar-refractivity contribution in [1.29, 1.82) is 5.26 Å². The second-order valence-electron chi connectivity index (χ2n) is 5.39. The first-order valence-corrected chi connectivity index (χ1v) is 7.55. The predicted octanol–water partition coefficient (Wildman–Crippen LogP) is 3.31. The normalized spacial score (nSPS) is 13.1. The van der Waals surface area contributed by atoms with Gasteiger partial charge in [-0.25, -0.2) is 0 Å². The largest absolute Gasteiger partial charge is 0.486 e. The monoisotopic (exact) mass is 320 g/mol. The van der Waals surface area contributed by atoms with Gasteiger partial charge in [-0.2, -0.15) is 5.26 Å². The topological polar surface area (TPSA) is 71.4 Å². The van der Waals surface area contributed by atoms with Crippen LogP contribution in [0, 0.1) is 18.3 Å². The first-order chi connectivity index (χ1) is 11.7. The van der Waals surface area contributed by atoms with Crippen LogP contribution in [0.5, 0.6) is 11.5 Å². The maximum atomic E-state index is 12.3. The van der Waals surface area contributed by atoms with E-state index in [0.717, 1.165) is 11.1 Å². The summed E-state index contributed by atoms with van der Waals surface area (Å²) in [5.74, 6) is 0.768. The van der Waals surface area contributed by atoms with Crippen LogP contribution in [-0.2, 0) is 4.79 Å². The standard InChI is InChI=1S/C19H16N2O3/c1-13-2-4-14(5-3-13)10-15(12-20)19(22)21-16-6-7-17-18(11-16)24-9-8-23-17/h2-7,10-11H,8-9H2,1H3,(H,21,22). The molecule has 0 fully saturated rings. The zero-order valence-corrected chi connectivity index (χ0v) is 13.2. The van der Waals surface area contributed by atoms with Gasteiger partial charge in [-0.3, -0.25) is 4.79 Å². The van der Waals surface area contributed by atoms with E-state index in [0.29, 0.717) is 30.4 Å². The molecule has 0 unspecified atom stereocenters. The van der Waals surface area contributed by atoms with Gasteiger partial charge < -0.3 is 14.8 Å². The van der Waals surface area contributed by atoms with E-state index in [1.807, 2.05) is 37.3 Å². The third-order valence-electron chi connectivity index (χ3n) is 3.55. The summed E-state index contributed by atoms with van der Waals surface area (Å²) >= 11 is 0. The minimum atomic E-state index is -0.463. The molecule has 0 radical (unpaired) electrons. The Morgan fingerprint density at radius 2 is 1.83 bits per heavy atom. The number of benzene rings is 2. The van der Waals surface area contributed by atoms with E-state index in [4.69, 9.17) is 9.47 Å². The lowest BCUT2D eigenvalue weighted by Gasteiger charge is -2.18. The highest BCUT2D eigenvalue weighted by atomic mass is 16.6. The van der Waals surface area contributed by atoms with E-state index in [1.54, 1.807) is 24.3 Å². The van der Waals surface area contributed by atoms with E-state index < -0.39 is 5.91 Å². The molecule has 1 aliphatic rings. The van der Waals surface area contributed by atoms with E-state index >= 15 is 0 Å². The summed E-state index contributed by atoms with van der Waals surface area (Å²) < 4.78 is 10.9. The molecule has 5 heteroatoms. The van der Waals surface area contributed by atoms with Gasteiger partial charge >= 0.3 is 0 Å². The minimum Gasteiger partial charge on any atom is -0.486 e. The van der Waals surface area contributed by atoms with Crippen LogP contribution in [0.3, 0.4) is 0 Å². The van der Waals surface area contributed by atoms with Gasteiger partial charge in [0.05, 0.1) is 0 Å². The summed E-state index contributed by atoms with van der Waals surface area (Å²) in [6.07, 6.45) is 1.56. The Hall–Kier alpha value is -3.26. The third kappa shape index (κ3) is 3.55. The number of nitrogens with zero attached hydrogens (tertiary/aromatic N) is 1. The van der Waals surface area contributed by atoms with Crippen LogP contribution in [0.25, 0.3) is 6.08 Å². The fourth-order valence-corrected chi connectivity index (χ4v) is 2.30. The molecule has 5 nitrogen and oxygen atoms in total. The summed E-state index contributed by atoms with van der Waals surface area (Å²) in [5, 5.41) is 12.0. The zero-order valence-electron chi connectivity index (χ0n) is 13.2. The quantitative estimate of drug-likeness (QED) is 0.695. The van der Waals surface area contributed by atoms with Crippen molar-refractivity contribution in [2.45, 2.75) is 6.92 Å². The number of anilines is 1. The van der Waals surface area contributed by atoms with Crippen LogP contribution in [0.4, 0.5) is 5.69 Å². The molecule has 0 aromatic heterocycles. The lowest BCUT2D eigenvalue weighted by atomic mass is 10.1. The Morgan fingerprint density at radius 1 is 1.12 bits per heavy atom. The molecule has 3 rings (SSSR count). The van der Waals surface area contributed by atoms with Gasteiger partial charge in [-0.1, -0.05) is 29.8 Å². The molecule has 24 heavy (non-hydrogen) atoms. The number of hydrogen-bond donors (Lipinski definition) is 1. The van der Waals surface area contributed by atoms with Crippen molar-refractivity contribution in [2.24, 2.45) is 0 Å². The highest BCUT2D eigenvalue weighted by Crippen LogP contribution is 2.32. The fraction of sp³-hybridized carbons (Fsp3) is 0.158. The highest BCUT2D eigenvalue weighted by Gasteiger charge is 2.14. The van der Waals surface area contributed by atoms with Crippen LogP contribution >= 0.6 is 0 Å². The first kappa shape index (κ1) is 15.6. The van der Waals surface area contributed by atoms with Crippen LogP contribution in [0.15, 0.2) is 48.0 Å². The number of aryl methyl sites for hydroxylation is 1. The highest BCUT2D eigenvalue weighted by molar-refractivity contribution is 6.09. The number of carbonyl (C=O) groups is 1.